The molecule has 0 bridgehead atoms. The molecule has 4 nitrogen and oxygen atoms in total. The predicted octanol–water partition coefficient (Wildman–Crippen LogP) is 4.26. The van der Waals surface area contributed by atoms with Crippen molar-refractivity contribution in [3.05, 3.63) is 57.0 Å². The van der Waals surface area contributed by atoms with E-state index in [1.165, 1.54) is 23.5 Å². The summed E-state index contributed by atoms with van der Waals surface area (Å²) in [6.45, 7) is 2.25. The van der Waals surface area contributed by atoms with E-state index in [1.54, 1.807) is 9.47 Å². The van der Waals surface area contributed by atoms with E-state index in [-0.39, 0.29) is 12.5 Å². The molecule has 1 aromatic carbocycles. The Morgan fingerprint density at radius 2 is 1.96 bits per heavy atom. The van der Waals surface area contributed by atoms with Crippen LogP contribution >= 0.6 is 27.3 Å². The van der Waals surface area contributed by atoms with Crippen LogP contribution in [0.5, 0.6) is 0 Å². The van der Waals surface area contributed by atoms with Crippen LogP contribution in [0, 0.1) is 11.6 Å². The van der Waals surface area contributed by atoms with Crippen LogP contribution < -0.4 is 0 Å². The molecule has 4 rings (SSSR count). The molecule has 1 amide bonds. The number of ether oxygens (including phenoxy) is 1. The fourth-order valence-corrected chi connectivity index (χ4v) is 4.67. The SMILES string of the molecule is O=C(c1cc2sc(Br)cc2n1Cc1ccc(F)cc1F)N1CCOCC1. The van der Waals surface area contributed by atoms with Crippen molar-refractivity contribution in [3.8, 4) is 0 Å². The van der Waals surface area contributed by atoms with Gasteiger partial charge in [0.05, 0.1) is 33.8 Å². The average molecular weight is 441 g/mol. The van der Waals surface area contributed by atoms with Crippen LogP contribution in [0.1, 0.15) is 16.1 Å². The van der Waals surface area contributed by atoms with Gasteiger partial charge in [-0.05, 0) is 34.1 Å². The quantitative estimate of drug-likeness (QED) is 0.609. The second-order valence-electron chi connectivity index (χ2n) is 6.06. The first kappa shape index (κ1) is 17.6. The number of aromatic nitrogens is 1. The highest BCUT2D eigenvalue weighted by Crippen LogP contribution is 2.33. The van der Waals surface area contributed by atoms with Crippen molar-refractivity contribution in [2.75, 3.05) is 26.3 Å². The van der Waals surface area contributed by atoms with Gasteiger partial charge in [0, 0.05) is 24.7 Å². The molecule has 1 aliphatic heterocycles. The summed E-state index contributed by atoms with van der Waals surface area (Å²) in [6.07, 6.45) is 0. The number of carbonyl (C=O) groups is 1. The van der Waals surface area contributed by atoms with Crippen molar-refractivity contribution < 1.29 is 18.3 Å². The van der Waals surface area contributed by atoms with E-state index in [0.717, 1.165) is 20.1 Å². The van der Waals surface area contributed by atoms with Gasteiger partial charge in [0.2, 0.25) is 0 Å². The molecule has 136 valence electrons. The zero-order valence-corrected chi connectivity index (χ0v) is 16.1. The number of carbonyl (C=O) groups excluding carboxylic acids is 1. The molecule has 3 aromatic rings. The number of fused-ring (bicyclic) bond motifs is 1. The summed E-state index contributed by atoms with van der Waals surface area (Å²) in [5, 5.41) is 0. The smallest absolute Gasteiger partial charge is 0.270 e. The van der Waals surface area contributed by atoms with E-state index in [2.05, 4.69) is 15.9 Å². The van der Waals surface area contributed by atoms with Crippen molar-refractivity contribution in [1.82, 2.24) is 9.47 Å². The summed E-state index contributed by atoms with van der Waals surface area (Å²) >= 11 is 4.97. The molecule has 2 aromatic heterocycles. The maximum absolute atomic E-state index is 14.2. The lowest BCUT2D eigenvalue weighted by atomic mass is 10.2. The van der Waals surface area contributed by atoms with Crippen LogP contribution in [0.4, 0.5) is 8.78 Å². The van der Waals surface area contributed by atoms with E-state index in [9.17, 15) is 13.6 Å². The predicted molar refractivity (Wildman–Crippen MR) is 99.7 cm³/mol. The molecule has 0 aliphatic carbocycles. The summed E-state index contributed by atoms with van der Waals surface area (Å²) in [6, 6.07) is 7.26. The standard InChI is InChI=1S/C18H15BrF2N2O2S/c19-17-9-14-16(26-17)8-15(18(24)22-3-5-25-6-4-22)23(14)10-11-1-2-12(20)7-13(11)21/h1-2,7-9H,3-6,10H2. The number of nitrogens with zero attached hydrogens (tertiary/aromatic N) is 2. The molecular weight excluding hydrogens is 426 g/mol. The van der Waals surface area contributed by atoms with Gasteiger partial charge < -0.3 is 14.2 Å². The number of hydrogen-bond donors (Lipinski definition) is 0. The monoisotopic (exact) mass is 440 g/mol. The average Bonchev–Trinajstić information content (AvgIpc) is 3.14. The van der Waals surface area contributed by atoms with Gasteiger partial charge in [0.1, 0.15) is 17.3 Å². The third-order valence-corrected chi connectivity index (χ3v) is 5.99. The molecule has 0 saturated carbocycles. The molecule has 3 heterocycles. The Morgan fingerprint density at radius 3 is 2.69 bits per heavy atom. The third kappa shape index (κ3) is 3.28. The fourth-order valence-electron chi connectivity index (χ4n) is 3.11. The van der Waals surface area contributed by atoms with Crippen LogP contribution in [-0.4, -0.2) is 41.7 Å². The van der Waals surface area contributed by atoms with E-state index in [1.807, 2.05) is 12.1 Å². The topological polar surface area (TPSA) is 34.5 Å². The van der Waals surface area contributed by atoms with Crippen LogP contribution in [0.25, 0.3) is 10.2 Å². The number of halogens is 3. The minimum Gasteiger partial charge on any atom is -0.378 e. The fraction of sp³-hybridized carbons (Fsp3) is 0.278. The van der Waals surface area contributed by atoms with Gasteiger partial charge in [-0.1, -0.05) is 6.07 Å². The summed E-state index contributed by atoms with van der Waals surface area (Å²) in [7, 11) is 0. The van der Waals surface area contributed by atoms with Gasteiger partial charge in [0.25, 0.3) is 5.91 Å². The molecular formula is C18H15BrF2N2O2S. The van der Waals surface area contributed by atoms with Gasteiger partial charge in [-0.2, -0.15) is 0 Å². The molecule has 1 saturated heterocycles. The molecule has 1 fully saturated rings. The first-order chi connectivity index (χ1) is 12.5. The van der Waals surface area contributed by atoms with Crippen molar-refractivity contribution in [1.29, 1.82) is 0 Å². The lowest BCUT2D eigenvalue weighted by Gasteiger charge is -2.27. The zero-order chi connectivity index (χ0) is 18.3. The Hall–Kier alpha value is -1.77. The largest absolute Gasteiger partial charge is 0.378 e. The van der Waals surface area contributed by atoms with Gasteiger partial charge in [0.15, 0.2) is 0 Å². The lowest BCUT2D eigenvalue weighted by molar-refractivity contribution is 0.0296. The van der Waals surface area contributed by atoms with Crippen molar-refractivity contribution in [3.63, 3.8) is 0 Å². The number of morpholine rings is 1. The summed E-state index contributed by atoms with van der Waals surface area (Å²) in [4.78, 5) is 14.7. The van der Waals surface area contributed by atoms with E-state index >= 15 is 0 Å². The Bertz CT molecular complexity index is 979. The van der Waals surface area contributed by atoms with E-state index in [0.29, 0.717) is 37.6 Å². The second-order valence-corrected chi connectivity index (χ2v) is 8.52. The third-order valence-electron chi connectivity index (χ3n) is 4.42. The van der Waals surface area contributed by atoms with Gasteiger partial charge in [-0.3, -0.25) is 4.79 Å². The van der Waals surface area contributed by atoms with Gasteiger partial charge in [-0.25, -0.2) is 8.78 Å². The first-order valence-electron chi connectivity index (χ1n) is 8.12. The zero-order valence-electron chi connectivity index (χ0n) is 13.7. The Kier molecular flexibility index (Phi) is 4.81. The highest BCUT2D eigenvalue weighted by molar-refractivity contribution is 9.11. The molecule has 26 heavy (non-hydrogen) atoms. The van der Waals surface area contributed by atoms with Gasteiger partial charge in [-0.15, -0.1) is 11.3 Å². The maximum Gasteiger partial charge on any atom is 0.270 e. The Labute approximate surface area is 161 Å². The van der Waals surface area contributed by atoms with Crippen LogP contribution in [0.15, 0.2) is 34.1 Å². The Morgan fingerprint density at radius 1 is 1.19 bits per heavy atom. The Balaban J connectivity index is 1.76. The lowest BCUT2D eigenvalue weighted by Crippen LogP contribution is -2.41. The van der Waals surface area contributed by atoms with Crippen molar-refractivity contribution in [2.24, 2.45) is 0 Å². The minimum absolute atomic E-state index is 0.102. The van der Waals surface area contributed by atoms with E-state index < -0.39 is 11.6 Å². The first-order valence-corrected chi connectivity index (χ1v) is 9.73. The molecule has 0 spiro atoms. The molecule has 1 aliphatic rings. The van der Waals surface area contributed by atoms with Gasteiger partial charge >= 0.3 is 0 Å². The highest BCUT2D eigenvalue weighted by atomic mass is 79.9. The number of benzene rings is 1. The summed E-state index contributed by atoms with van der Waals surface area (Å²) in [5.41, 5.74) is 1.69. The normalized spacial score (nSPS) is 15.0. The van der Waals surface area contributed by atoms with Crippen LogP contribution in [-0.2, 0) is 11.3 Å². The van der Waals surface area contributed by atoms with Crippen LogP contribution in [0.3, 0.4) is 0 Å². The molecule has 0 atom stereocenters. The number of hydrogen-bond acceptors (Lipinski definition) is 3. The summed E-state index contributed by atoms with van der Waals surface area (Å²) in [5.74, 6) is -1.34. The maximum atomic E-state index is 14.2. The van der Waals surface area contributed by atoms with Crippen molar-refractivity contribution >= 4 is 43.4 Å². The number of amides is 1. The van der Waals surface area contributed by atoms with Crippen LogP contribution in [0.2, 0.25) is 0 Å². The van der Waals surface area contributed by atoms with Crippen molar-refractivity contribution in [2.45, 2.75) is 6.54 Å². The highest BCUT2D eigenvalue weighted by Gasteiger charge is 2.24. The molecule has 0 radical (unpaired) electrons. The molecule has 8 heteroatoms. The molecule has 0 unspecified atom stereocenters. The number of rotatable bonds is 3. The molecule has 0 N–H and O–H groups in total. The number of thiophene rings is 1. The summed E-state index contributed by atoms with van der Waals surface area (Å²) < 4.78 is 36.3. The van der Waals surface area contributed by atoms with E-state index in [4.69, 9.17) is 4.74 Å². The minimum atomic E-state index is -0.620. The second kappa shape index (κ2) is 7.09.